The number of thioether (sulfide) groups is 1. The van der Waals surface area contributed by atoms with Crippen molar-refractivity contribution in [1.29, 1.82) is 0 Å². The molecule has 0 aliphatic carbocycles. The number of amides is 2. The van der Waals surface area contributed by atoms with Crippen molar-refractivity contribution >= 4 is 57.2 Å². The van der Waals surface area contributed by atoms with Gasteiger partial charge in [-0.3, -0.25) is 20.0 Å². The van der Waals surface area contributed by atoms with Crippen LogP contribution in [0.15, 0.2) is 59.6 Å². The Morgan fingerprint density at radius 2 is 1.96 bits per heavy atom. The van der Waals surface area contributed by atoms with Crippen LogP contribution in [0.1, 0.15) is 16.1 Å². The van der Waals surface area contributed by atoms with Gasteiger partial charge in [0, 0.05) is 5.56 Å². The monoisotopic (exact) mass is 408 g/mol. The van der Waals surface area contributed by atoms with Crippen LogP contribution >= 0.6 is 24.0 Å². The lowest BCUT2D eigenvalue weighted by atomic mass is 10.2. The van der Waals surface area contributed by atoms with Gasteiger partial charge in [0.1, 0.15) is 5.75 Å². The molecule has 1 aliphatic heterocycles. The van der Waals surface area contributed by atoms with Crippen molar-refractivity contribution in [3.05, 3.63) is 70.9 Å². The fourth-order valence-electron chi connectivity index (χ4n) is 2.55. The summed E-state index contributed by atoms with van der Waals surface area (Å²) in [7, 11) is 0. The van der Waals surface area contributed by atoms with E-state index in [2.05, 4.69) is 15.4 Å². The Labute approximate surface area is 169 Å². The number of fused-ring (bicyclic) bond motifs is 1. The van der Waals surface area contributed by atoms with E-state index in [9.17, 15) is 14.7 Å². The quantitative estimate of drug-likeness (QED) is 0.508. The number of phenolic OH excluding ortho intramolecular Hbond substituents is 1. The molecule has 28 heavy (non-hydrogen) atoms. The van der Waals surface area contributed by atoms with Crippen molar-refractivity contribution in [3.8, 4) is 5.75 Å². The Kier molecular flexibility index (Phi) is 4.76. The highest BCUT2D eigenvalue weighted by molar-refractivity contribution is 8.26. The van der Waals surface area contributed by atoms with Crippen LogP contribution in [0.5, 0.6) is 5.75 Å². The Hall–Kier alpha value is -3.30. The molecular formula is C19H12N4O3S2. The van der Waals surface area contributed by atoms with Crippen molar-refractivity contribution in [3.63, 3.8) is 0 Å². The lowest BCUT2D eigenvalue weighted by molar-refractivity contribution is -0.123. The zero-order chi connectivity index (χ0) is 19.7. The van der Waals surface area contributed by atoms with E-state index in [1.54, 1.807) is 12.3 Å². The Morgan fingerprint density at radius 1 is 1.18 bits per heavy atom. The van der Waals surface area contributed by atoms with E-state index in [1.807, 2.05) is 24.3 Å². The summed E-state index contributed by atoms with van der Waals surface area (Å²) in [5.41, 5.74) is 4.65. The van der Waals surface area contributed by atoms with Crippen LogP contribution in [0, 0.1) is 0 Å². The molecule has 2 amide bonds. The molecular weight excluding hydrogens is 396 g/mol. The van der Waals surface area contributed by atoms with Gasteiger partial charge in [0.05, 0.1) is 27.8 Å². The summed E-state index contributed by atoms with van der Waals surface area (Å²) in [6.45, 7) is 0. The molecule has 0 atom stereocenters. The number of hydrogen-bond acceptors (Lipinski definition) is 7. The number of nitrogens with one attached hydrogen (secondary N) is 1. The third-order valence-corrected chi connectivity index (χ3v) is 5.16. The molecule has 1 fully saturated rings. The van der Waals surface area contributed by atoms with Crippen LogP contribution in [0.3, 0.4) is 0 Å². The third kappa shape index (κ3) is 3.57. The van der Waals surface area contributed by atoms with Gasteiger partial charge in [0.25, 0.3) is 11.8 Å². The fourth-order valence-corrected chi connectivity index (χ4v) is 3.72. The molecule has 1 aliphatic rings. The average molecular weight is 408 g/mol. The van der Waals surface area contributed by atoms with Crippen molar-refractivity contribution in [1.82, 2.24) is 20.4 Å². The summed E-state index contributed by atoms with van der Waals surface area (Å²) in [4.78, 5) is 34.1. The number of phenols is 1. The first-order valence-corrected chi connectivity index (χ1v) is 9.33. The maximum atomic E-state index is 12.7. The van der Waals surface area contributed by atoms with Gasteiger partial charge in [-0.2, -0.15) is 5.01 Å². The number of carbonyl (C=O) groups excluding carboxylic acids is 2. The summed E-state index contributed by atoms with van der Waals surface area (Å²) in [6.07, 6.45) is 3.15. The molecule has 0 spiro atoms. The number of para-hydroxylation sites is 2. The highest BCUT2D eigenvalue weighted by Crippen LogP contribution is 2.31. The molecule has 4 rings (SSSR count). The number of aromatic nitrogens is 2. The van der Waals surface area contributed by atoms with Crippen LogP contribution in [0.2, 0.25) is 0 Å². The Bertz CT molecular complexity index is 1160. The molecule has 0 bridgehead atoms. The first-order valence-electron chi connectivity index (χ1n) is 8.11. The van der Waals surface area contributed by atoms with E-state index in [4.69, 9.17) is 12.2 Å². The normalized spacial score (nSPS) is 15.4. The Morgan fingerprint density at radius 3 is 2.75 bits per heavy atom. The second kappa shape index (κ2) is 7.37. The van der Waals surface area contributed by atoms with Gasteiger partial charge in [-0.05, 0) is 48.6 Å². The predicted molar refractivity (Wildman–Crippen MR) is 110 cm³/mol. The first-order chi connectivity index (χ1) is 13.5. The van der Waals surface area contributed by atoms with Crippen LogP contribution in [0.4, 0.5) is 0 Å². The van der Waals surface area contributed by atoms with E-state index in [1.165, 1.54) is 24.3 Å². The topological polar surface area (TPSA) is 95.4 Å². The molecule has 1 aromatic heterocycles. The second-order valence-corrected chi connectivity index (χ2v) is 7.47. The third-order valence-electron chi connectivity index (χ3n) is 3.86. The zero-order valence-corrected chi connectivity index (χ0v) is 15.8. The maximum absolute atomic E-state index is 12.7. The molecule has 2 aromatic carbocycles. The summed E-state index contributed by atoms with van der Waals surface area (Å²) < 4.78 is 0.193. The minimum Gasteiger partial charge on any atom is -0.508 e. The summed E-state index contributed by atoms with van der Waals surface area (Å²) >= 11 is 6.27. The summed E-state index contributed by atoms with van der Waals surface area (Å²) in [6, 6.07) is 13.2. The molecule has 0 saturated carbocycles. The smallest absolute Gasteiger partial charge is 0.285 e. The number of rotatable bonds is 3. The highest BCUT2D eigenvalue weighted by atomic mass is 32.2. The minimum atomic E-state index is -0.557. The van der Waals surface area contributed by atoms with Gasteiger partial charge < -0.3 is 5.11 Å². The van der Waals surface area contributed by atoms with Crippen molar-refractivity contribution in [2.24, 2.45) is 0 Å². The molecule has 2 N–H and O–H groups in total. The van der Waals surface area contributed by atoms with Gasteiger partial charge in [-0.1, -0.05) is 30.0 Å². The number of hydrazine groups is 1. The van der Waals surface area contributed by atoms with Crippen molar-refractivity contribution in [2.75, 3.05) is 0 Å². The predicted octanol–water partition coefficient (Wildman–Crippen LogP) is 2.88. The van der Waals surface area contributed by atoms with E-state index < -0.39 is 11.8 Å². The number of hydrogen-bond donors (Lipinski definition) is 2. The van der Waals surface area contributed by atoms with Crippen molar-refractivity contribution in [2.45, 2.75) is 0 Å². The van der Waals surface area contributed by atoms with Crippen LogP contribution in [-0.4, -0.2) is 36.2 Å². The van der Waals surface area contributed by atoms with Gasteiger partial charge in [0.15, 0.2) is 4.32 Å². The van der Waals surface area contributed by atoms with Gasteiger partial charge in [0.2, 0.25) is 0 Å². The average Bonchev–Trinajstić information content (AvgIpc) is 2.95. The molecule has 9 heteroatoms. The lowest BCUT2D eigenvalue weighted by Gasteiger charge is -2.15. The summed E-state index contributed by atoms with van der Waals surface area (Å²) in [5.74, 6) is -1.06. The lowest BCUT2D eigenvalue weighted by Crippen LogP contribution is -2.44. The van der Waals surface area contributed by atoms with E-state index in [0.29, 0.717) is 16.1 Å². The van der Waals surface area contributed by atoms with E-state index in [-0.39, 0.29) is 15.6 Å². The number of benzene rings is 2. The van der Waals surface area contributed by atoms with E-state index in [0.717, 1.165) is 22.3 Å². The summed E-state index contributed by atoms with van der Waals surface area (Å²) in [5, 5.41) is 10.5. The van der Waals surface area contributed by atoms with Gasteiger partial charge in [-0.15, -0.1) is 0 Å². The second-order valence-electron chi connectivity index (χ2n) is 5.79. The molecule has 2 heterocycles. The number of thiocarbonyl (C=S) groups is 1. The molecule has 0 radical (unpaired) electrons. The van der Waals surface area contributed by atoms with Crippen molar-refractivity contribution < 1.29 is 14.7 Å². The minimum absolute atomic E-state index is 0.0483. The Balaban J connectivity index is 1.56. The standard InChI is InChI=1S/C19H12N4O3S2/c24-13-5-3-4-11(8-13)17(25)22-23-18(26)16(28-19(23)27)9-12-10-20-14-6-1-2-7-15(14)21-12/h1-10,24H,(H,22,25)/b16-9-. The number of carbonyl (C=O) groups is 2. The SMILES string of the molecule is O=C(NN1C(=O)/C(=C/c2cnc3ccccc3n2)SC1=S)c1cccc(O)c1. The van der Waals surface area contributed by atoms with E-state index >= 15 is 0 Å². The molecule has 3 aromatic rings. The zero-order valence-electron chi connectivity index (χ0n) is 14.2. The van der Waals surface area contributed by atoms with Gasteiger partial charge in [-0.25, -0.2) is 4.98 Å². The fraction of sp³-hybridized carbons (Fsp3) is 0. The number of aromatic hydroxyl groups is 1. The molecule has 1 saturated heterocycles. The molecule has 0 unspecified atom stereocenters. The van der Waals surface area contributed by atoms with Crippen LogP contribution in [0.25, 0.3) is 17.1 Å². The van der Waals surface area contributed by atoms with Crippen LogP contribution in [-0.2, 0) is 4.79 Å². The first kappa shape index (κ1) is 18.1. The number of nitrogens with zero attached hydrogens (tertiary/aromatic N) is 3. The van der Waals surface area contributed by atoms with Gasteiger partial charge >= 0.3 is 0 Å². The molecule has 138 valence electrons. The highest BCUT2D eigenvalue weighted by Gasteiger charge is 2.34. The molecule has 7 nitrogen and oxygen atoms in total. The maximum Gasteiger partial charge on any atom is 0.285 e. The van der Waals surface area contributed by atoms with Crippen LogP contribution < -0.4 is 5.43 Å². The largest absolute Gasteiger partial charge is 0.508 e.